The molecule has 5 nitrogen and oxygen atoms in total. The van der Waals surface area contributed by atoms with Gasteiger partial charge >= 0.3 is 0 Å². The summed E-state index contributed by atoms with van der Waals surface area (Å²) in [6.45, 7) is 4.22. The summed E-state index contributed by atoms with van der Waals surface area (Å²) in [6.07, 6.45) is 8.29. The molecule has 1 aromatic heterocycles. The first kappa shape index (κ1) is 23.8. The van der Waals surface area contributed by atoms with Gasteiger partial charge in [0.2, 0.25) is 5.91 Å². The molecule has 1 unspecified atom stereocenters. The summed E-state index contributed by atoms with van der Waals surface area (Å²) in [5, 5.41) is 11.9. The molecule has 3 heterocycles. The first-order chi connectivity index (χ1) is 17.2. The molecule has 2 aliphatic heterocycles. The molecule has 1 amide bonds. The number of β-amino-alcohol motifs (C(OH)–C–C–N with tert-alkyl or cyclic N) is 1. The van der Waals surface area contributed by atoms with Crippen molar-refractivity contribution < 1.29 is 14.6 Å². The van der Waals surface area contributed by atoms with Crippen LogP contribution in [0.3, 0.4) is 0 Å². The van der Waals surface area contributed by atoms with Gasteiger partial charge in [0.05, 0.1) is 0 Å². The average molecular weight is 489 g/mol. The van der Waals surface area contributed by atoms with Crippen LogP contribution in [0.2, 0.25) is 0 Å². The lowest BCUT2D eigenvalue weighted by atomic mass is 10.1. The lowest BCUT2D eigenvalue weighted by Gasteiger charge is -2.28. The van der Waals surface area contributed by atoms with Crippen LogP contribution in [-0.4, -0.2) is 66.2 Å². The highest BCUT2D eigenvalue weighted by Crippen LogP contribution is 2.33. The smallest absolute Gasteiger partial charge is 0.246 e. The first-order valence-electron chi connectivity index (χ1n) is 12.4. The Morgan fingerprint density at radius 2 is 1.89 bits per heavy atom. The third-order valence-corrected chi connectivity index (χ3v) is 7.87. The van der Waals surface area contributed by atoms with E-state index in [2.05, 4.69) is 41.3 Å². The van der Waals surface area contributed by atoms with Gasteiger partial charge in [0, 0.05) is 53.9 Å². The molecule has 5 rings (SSSR count). The number of hydrogen-bond donors (Lipinski definition) is 1. The first-order valence-corrected chi connectivity index (χ1v) is 13.2. The van der Waals surface area contributed by atoms with E-state index in [0.717, 1.165) is 51.0 Å². The highest BCUT2D eigenvalue weighted by atomic mass is 32.1. The van der Waals surface area contributed by atoms with Crippen LogP contribution in [-0.2, 0) is 4.79 Å². The second-order valence-electron chi connectivity index (χ2n) is 9.26. The Morgan fingerprint density at radius 3 is 2.69 bits per heavy atom. The summed E-state index contributed by atoms with van der Waals surface area (Å²) in [4.78, 5) is 17.8. The lowest BCUT2D eigenvalue weighted by Crippen LogP contribution is -2.38. The molecule has 35 heavy (non-hydrogen) atoms. The van der Waals surface area contributed by atoms with Crippen molar-refractivity contribution in [2.45, 2.75) is 25.4 Å². The number of amides is 1. The van der Waals surface area contributed by atoms with Crippen LogP contribution in [0.15, 0.2) is 66.7 Å². The van der Waals surface area contributed by atoms with Gasteiger partial charge in [-0.2, -0.15) is 0 Å². The van der Waals surface area contributed by atoms with Crippen LogP contribution in [0.25, 0.3) is 21.7 Å². The van der Waals surface area contributed by atoms with E-state index in [-0.39, 0.29) is 12.5 Å². The topological polar surface area (TPSA) is 53.0 Å². The number of aliphatic hydroxyl groups excluding tert-OH is 1. The van der Waals surface area contributed by atoms with E-state index in [4.69, 9.17) is 4.74 Å². The van der Waals surface area contributed by atoms with Crippen molar-refractivity contribution in [1.82, 2.24) is 9.80 Å². The lowest BCUT2D eigenvalue weighted by molar-refractivity contribution is -0.124. The standard InChI is InChI=1S/C29H32N2O3S/c32-25(20-30-17-13-23(14-18-30)28-19-24-8-2-4-10-27(24)35-28)21-34-26-9-3-1-7-22(26)11-12-29(33)31-15-5-6-16-31/h1-4,7-13,19,25,32H,5-6,14-18,20-21H2. The fraction of sp³-hybridized carbons (Fsp3) is 0.345. The Balaban J connectivity index is 1.12. The molecular weight excluding hydrogens is 456 g/mol. The number of rotatable bonds is 8. The molecule has 0 saturated carbocycles. The minimum Gasteiger partial charge on any atom is -0.490 e. The van der Waals surface area contributed by atoms with Gasteiger partial charge < -0.3 is 14.7 Å². The molecular formula is C29H32N2O3S. The van der Waals surface area contributed by atoms with E-state index in [9.17, 15) is 9.90 Å². The number of carbonyl (C=O) groups excluding carboxylic acids is 1. The molecule has 0 spiro atoms. The summed E-state index contributed by atoms with van der Waals surface area (Å²) in [7, 11) is 0. The molecule has 1 saturated heterocycles. The summed E-state index contributed by atoms with van der Waals surface area (Å²) in [5.74, 6) is 0.730. The predicted octanol–water partition coefficient (Wildman–Crippen LogP) is 5.07. The van der Waals surface area contributed by atoms with E-state index in [1.165, 1.54) is 20.5 Å². The molecule has 6 heteroatoms. The molecule has 0 bridgehead atoms. The molecule has 1 N–H and O–H groups in total. The number of nitrogens with zero attached hydrogens (tertiary/aromatic N) is 2. The quantitative estimate of drug-likeness (QED) is 0.450. The highest BCUT2D eigenvalue weighted by molar-refractivity contribution is 7.20. The van der Waals surface area contributed by atoms with Crippen molar-refractivity contribution in [1.29, 1.82) is 0 Å². The van der Waals surface area contributed by atoms with Gasteiger partial charge in [-0.25, -0.2) is 0 Å². The van der Waals surface area contributed by atoms with E-state index in [1.54, 1.807) is 6.08 Å². The fourth-order valence-electron chi connectivity index (χ4n) is 4.73. The number of likely N-dealkylation sites (tertiary alicyclic amines) is 1. The largest absolute Gasteiger partial charge is 0.490 e. The minimum atomic E-state index is -0.586. The van der Waals surface area contributed by atoms with E-state index < -0.39 is 6.10 Å². The third kappa shape index (κ3) is 6.01. The number of ether oxygens (including phenoxy) is 1. The molecule has 0 aliphatic carbocycles. The normalized spacial score (nSPS) is 17.7. The Morgan fingerprint density at radius 1 is 1.09 bits per heavy atom. The van der Waals surface area contributed by atoms with Crippen molar-refractivity contribution in [2.24, 2.45) is 0 Å². The third-order valence-electron chi connectivity index (χ3n) is 6.68. The Kier molecular flexibility index (Phi) is 7.62. The van der Waals surface area contributed by atoms with Crippen LogP contribution >= 0.6 is 11.3 Å². The average Bonchev–Trinajstić information content (AvgIpc) is 3.57. The van der Waals surface area contributed by atoms with Gasteiger partial charge in [-0.15, -0.1) is 11.3 Å². The molecule has 2 aromatic carbocycles. The van der Waals surface area contributed by atoms with Crippen LogP contribution < -0.4 is 4.74 Å². The molecule has 3 aromatic rings. The van der Waals surface area contributed by atoms with E-state index in [1.807, 2.05) is 46.6 Å². The van der Waals surface area contributed by atoms with Crippen LogP contribution in [0.5, 0.6) is 5.75 Å². The Bertz CT molecular complexity index is 1190. The van der Waals surface area contributed by atoms with Crippen LogP contribution in [0.1, 0.15) is 29.7 Å². The highest BCUT2D eigenvalue weighted by Gasteiger charge is 2.18. The fourth-order valence-corrected chi connectivity index (χ4v) is 5.86. The van der Waals surface area contributed by atoms with Crippen molar-refractivity contribution in [3.63, 3.8) is 0 Å². The van der Waals surface area contributed by atoms with E-state index >= 15 is 0 Å². The molecule has 2 aliphatic rings. The van der Waals surface area contributed by atoms with E-state index in [0.29, 0.717) is 12.3 Å². The van der Waals surface area contributed by atoms with Gasteiger partial charge in [-0.3, -0.25) is 9.69 Å². The minimum absolute atomic E-state index is 0.0468. The second-order valence-corrected chi connectivity index (χ2v) is 10.3. The number of carbonyl (C=O) groups is 1. The Labute approximate surface area is 210 Å². The summed E-state index contributed by atoms with van der Waals surface area (Å²) < 4.78 is 7.28. The van der Waals surface area contributed by atoms with Gasteiger partial charge in [0.25, 0.3) is 0 Å². The summed E-state index contributed by atoms with van der Waals surface area (Å²) in [6, 6.07) is 18.5. The molecule has 0 radical (unpaired) electrons. The predicted molar refractivity (Wildman–Crippen MR) is 144 cm³/mol. The van der Waals surface area contributed by atoms with Crippen molar-refractivity contribution in [3.05, 3.63) is 77.2 Å². The molecule has 1 atom stereocenters. The van der Waals surface area contributed by atoms with Gasteiger partial charge in [0.15, 0.2) is 0 Å². The van der Waals surface area contributed by atoms with Crippen molar-refractivity contribution >= 4 is 39.0 Å². The number of benzene rings is 2. The number of thiophene rings is 1. The monoisotopic (exact) mass is 488 g/mol. The van der Waals surface area contributed by atoms with Gasteiger partial charge in [-0.1, -0.05) is 42.5 Å². The maximum absolute atomic E-state index is 12.3. The van der Waals surface area contributed by atoms with Crippen LogP contribution in [0.4, 0.5) is 0 Å². The SMILES string of the molecule is O=C(C=Cc1ccccc1OCC(O)CN1CC=C(c2cc3ccccc3s2)CC1)N1CCCC1. The van der Waals surface area contributed by atoms with Gasteiger partial charge in [-0.05, 0) is 54.5 Å². The van der Waals surface area contributed by atoms with Gasteiger partial charge in [0.1, 0.15) is 18.5 Å². The zero-order valence-electron chi connectivity index (χ0n) is 19.9. The molecule has 182 valence electrons. The number of para-hydroxylation sites is 1. The van der Waals surface area contributed by atoms with Crippen molar-refractivity contribution in [3.8, 4) is 5.75 Å². The maximum Gasteiger partial charge on any atom is 0.246 e. The summed E-state index contributed by atoms with van der Waals surface area (Å²) >= 11 is 1.85. The number of hydrogen-bond acceptors (Lipinski definition) is 5. The maximum atomic E-state index is 12.3. The zero-order chi connectivity index (χ0) is 24.0. The second kappa shape index (κ2) is 11.2. The zero-order valence-corrected chi connectivity index (χ0v) is 20.8. The number of aliphatic hydroxyl groups is 1. The molecule has 1 fully saturated rings. The van der Waals surface area contributed by atoms with Crippen molar-refractivity contribution in [2.75, 3.05) is 39.3 Å². The summed E-state index contributed by atoms with van der Waals surface area (Å²) in [5.41, 5.74) is 2.25. The number of fused-ring (bicyclic) bond motifs is 1. The Hall–Kier alpha value is -2.93. The van der Waals surface area contributed by atoms with Crippen LogP contribution in [0, 0.1) is 0 Å².